The van der Waals surface area contributed by atoms with Crippen molar-refractivity contribution < 1.29 is 13.2 Å². The first-order chi connectivity index (χ1) is 10.3. The van der Waals surface area contributed by atoms with Crippen molar-refractivity contribution in [1.82, 2.24) is 14.5 Å². The van der Waals surface area contributed by atoms with E-state index in [0.29, 0.717) is 11.3 Å². The molecule has 0 aromatic carbocycles. The minimum absolute atomic E-state index is 0.136. The fourth-order valence-electron chi connectivity index (χ4n) is 1.71. The molecule has 7 heteroatoms. The number of nitriles is 1. The van der Waals surface area contributed by atoms with Crippen LogP contribution in [-0.2, 0) is 6.18 Å². The second-order valence-corrected chi connectivity index (χ2v) is 4.49. The monoisotopic (exact) mass is 310 g/mol. The SMILES string of the molecule is CC.CC(C)n1cc(C(F)(F)F)nc1-c1ccc(C#N)cn1. The topological polar surface area (TPSA) is 54.5 Å². The van der Waals surface area contributed by atoms with Crippen molar-refractivity contribution in [1.29, 1.82) is 5.26 Å². The second kappa shape index (κ2) is 7.07. The highest BCUT2D eigenvalue weighted by Crippen LogP contribution is 2.31. The number of halogens is 3. The molecule has 0 spiro atoms. The number of pyridine rings is 1. The third-order valence-electron chi connectivity index (χ3n) is 2.70. The van der Waals surface area contributed by atoms with E-state index in [-0.39, 0.29) is 11.9 Å². The zero-order chi connectivity index (χ0) is 16.9. The van der Waals surface area contributed by atoms with Gasteiger partial charge < -0.3 is 4.57 Å². The van der Waals surface area contributed by atoms with Gasteiger partial charge in [0.15, 0.2) is 11.5 Å². The van der Waals surface area contributed by atoms with Gasteiger partial charge in [-0.1, -0.05) is 13.8 Å². The van der Waals surface area contributed by atoms with Crippen molar-refractivity contribution in [2.75, 3.05) is 0 Å². The number of nitrogens with zero attached hydrogens (tertiary/aromatic N) is 4. The fraction of sp³-hybridized carbons (Fsp3) is 0.400. The molecule has 2 aromatic rings. The Balaban J connectivity index is 0.00000116. The largest absolute Gasteiger partial charge is 0.434 e. The van der Waals surface area contributed by atoms with Crippen molar-refractivity contribution >= 4 is 0 Å². The highest BCUT2D eigenvalue weighted by Gasteiger charge is 2.35. The summed E-state index contributed by atoms with van der Waals surface area (Å²) in [5.41, 5.74) is -0.312. The quantitative estimate of drug-likeness (QED) is 0.824. The Hall–Kier alpha value is -2.36. The molecule has 0 aliphatic rings. The van der Waals surface area contributed by atoms with Gasteiger partial charge in [-0.25, -0.2) is 4.98 Å². The third-order valence-corrected chi connectivity index (χ3v) is 2.70. The Morgan fingerprint density at radius 3 is 2.27 bits per heavy atom. The molecular formula is C15H17F3N4. The molecule has 0 atom stereocenters. The van der Waals surface area contributed by atoms with Crippen LogP contribution in [0.1, 0.15) is 45.0 Å². The van der Waals surface area contributed by atoms with Crippen LogP contribution in [0.3, 0.4) is 0 Å². The summed E-state index contributed by atoms with van der Waals surface area (Å²) in [7, 11) is 0. The van der Waals surface area contributed by atoms with E-state index in [2.05, 4.69) is 9.97 Å². The number of imidazole rings is 1. The van der Waals surface area contributed by atoms with Gasteiger partial charge in [-0.15, -0.1) is 0 Å². The lowest BCUT2D eigenvalue weighted by atomic mass is 10.2. The Kier molecular flexibility index (Phi) is 5.69. The fourth-order valence-corrected chi connectivity index (χ4v) is 1.71. The van der Waals surface area contributed by atoms with Gasteiger partial charge in [-0.2, -0.15) is 18.4 Å². The van der Waals surface area contributed by atoms with E-state index in [4.69, 9.17) is 5.26 Å². The number of hydrogen-bond acceptors (Lipinski definition) is 3. The molecule has 0 amide bonds. The maximum absolute atomic E-state index is 12.7. The number of aromatic nitrogens is 3. The van der Waals surface area contributed by atoms with Crippen molar-refractivity contribution in [2.45, 2.75) is 39.9 Å². The van der Waals surface area contributed by atoms with E-state index in [9.17, 15) is 13.2 Å². The molecule has 0 aliphatic carbocycles. The highest BCUT2D eigenvalue weighted by molar-refractivity contribution is 5.52. The summed E-state index contributed by atoms with van der Waals surface area (Å²) < 4.78 is 39.6. The van der Waals surface area contributed by atoms with Gasteiger partial charge in [0, 0.05) is 18.4 Å². The molecule has 2 rings (SSSR count). The first-order valence-electron chi connectivity index (χ1n) is 6.85. The normalized spacial score (nSPS) is 10.9. The van der Waals surface area contributed by atoms with Gasteiger partial charge in [0.1, 0.15) is 11.8 Å². The lowest BCUT2D eigenvalue weighted by Gasteiger charge is -2.10. The first-order valence-corrected chi connectivity index (χ1v) is 6.85. The molecule has 0 bridgehead atoms. The molecule has 4 nitrogen and oxygen atoms in total. The molecular weight excluding hydrogens is 293 g/mol. The molecule has 2 aromatic heterocycles. The van der Waals surface area contributed by atoms with Crippen LogP contribution in [0, 0.1) is 11.3 Å². The number of rotatable bonds is 2. The van der Waals surface area contributed by atoms with Crippen LogP contribution >= 0.6 is 0 Å². The molecule has 0 saturated carbocycles. The molecule has 0 radical (unpaired) electrons. The van der Waals surface area contributed by atoms with Gasteiger partial charge in [-0.05, 0) is 26.0 Å². The minimum Gasteiger partial charge on any atom is -0.327 e. The van der Waals surface area contributed by atoms with E-state index in [1.54, 1.807) is 13.8 Å². The average Bonchev–Trinajstić information content (AvgIpc) is 2.95. The van der Waals surface area contributed by atoms with Gasteiger partial charge in [0.05, 0.1) is 5.56 Å². The van der Waals surface area contributed by atoms with Gasteiger partial charge >= 0.3 is 6.18 Å². The van der Waals surface area contributed by atoms with Crippen LogP contribution in [-0.4, -0.2) is 14.5 Å². The first kappa shape index (κ1) is 17.7. The van der Waals surface area contributed by atoms with E-state index in [1.165, 1.54) is 22.9 Å². The summed E-state index contributed by atoms with van der Waals surface area (Å²) >= 11 is 0. The zero-order valence-electron chi connectivity index (χ0n) is 12.8. The summed E-state index contributed by atoms with van der Waals surface area (Å²) in [6, 6.07) is 4.69. The maximum atomic E-state index is 12.7. The van der Waals surface area contributed by atoms with Crippen LogP contribution in [0.2, 0.25) is 0 Å². The third kappa shape index (κ3) is 3.85. The van der Waals surface area contributed by atoms with E-state index in [1.807, 2.05) is 19.9 Å². The maximum Gasteiger partial charge on any atom is 0.434 e. The van der Waals surface area contributed by atoms with Crippen LogP contribution in [0.25, 0.3) is 11.5 Å². The van der Waals surface area contributed by atoms with Crippen LogP contribution in [0.5, 0.6) is 0 Å². The van der Waals surface area contributed by atoms with Crippen LogP contribution < -0.4 is 0 Å². The smallest absolute Gasteiger partial charge is 0.327 e. The molecule has 0 saturated heterocycles. The van der Waals surface area contributed by atoms with Crippen LogP contribution in [0.4, 0.5) is 13.2 Å². The number of alkyl halides is 3. The Labute approximate surface area is 127 Å². The number of hydrogen-bond donors (Lipinski definition) is 0. The minimum atomic E-state index is -4.50. The summed E-state index contributed by atoms with van der Waals surface area (Å²) in [6.07, 6.45) is -2.22. The molecule has 0 fully saturated rings. The Morgan fingerprint density at radius 2 is 1.86 bits per heavy atom. The van der Waals surface area contributed by atoms with Gasteiger partial charge in [-0.3, -0.25) is 4.98 Å². The molecule has 0 N–H and O–H groups in total. The summed E-state index contributed by atoms with van der Waals surface area (Å²) in [4.78, 5) is 7.61. The summed E-state index contributed by atoms with van der Waals surface area (Å²) in [5.74, 6) is 0.136. The van der Waals surface area contributed by atoms with E-state index < -0.39 is 11.9 Å². The highest BCUT2D eigenvalue weighted by atomic mass is 19.4. The lowest BCUT2D eigenvalue weighted by Crippen LogP contribution is -2.05. The van der Waals surface area contributed by atoms with Gasteiger partial charge in [0.2, 0.25) is 0 Å². The van der Waals surface area contributed by atoms with Crippen molar-refractivity contribution in [3.8, 4) is 17.6 Å². The predicted molar refractivity (Wildman–Crippen MR) is 76.9 cm³/mol. The Morgan fingerprint density at radius 1 is 1.23 bits per heavy atom. The Bertz CT molecular complexity index is 649. The summed E-state index contributed by atoms with van der Waals surface area (Å²) in [6.45, 7) is 7.52. The van der Waals surface area contributed by atoms with E-state index in [0.717, 1.165) is 6.20 Å². The zero-order valence-corrected chi connectivity index (χ0v) is 12.8. The molecule has 0 unspecified atom stereocenters. The molecule has 22 heavy (non-hydrogen) atoms. The van der Waals surface area contributed by atoms with Crippen molar-refractivity contribution in [2.24, 2.45) is 0 Å². The van der Waals surface area contributed by atoms with Crippen molar-refractivity contribution in [3.63, 3.8) is 0 Å². The second-order valence-electron chi connectivity index (χ2n) is 4.49. The van der Waals surface area contributed by atoms with Crippen molar-refractivity contribution in [3.05, 3.63) is 35.8 Å². The lowest BCUT2D eigenvalue weighted by molar-refractivity contribution is -0.140. The van der Waals surface area contributed by atoms with Gasteiger partial charge in [0.25, 0.3) is 0 Å². The average molecular weight is 310 g/mol. The predicted octanol–water partition coefficient (Wildman–Crippen LogP) is 4.44. The molecule has 2 heterocycles. The standard InChI is InChI=1S/C13H11F3N4.C2H6/c1-8(2)20-7-11(13(14,15)16)19-12(20)10-4-3-9(5-17)6-18-10;1-2/h3-4,6-8H,1-2H3;1-2H3. The molecule has 0 aliphatic heterocycles. The van der Waals surface area contributed by atoms with E-state index >= 15 is 0 Å². The van der Waals surface area contributed by atoms with Crippen LogP contribution in [0.15, 0.2) is 24.5 Å². The summed E-state index contributed by atoms with van der Waals surface area (Å²) in [5, 5.41) is 8.69. The molecule has 118 valence electrons.